The molecule has 38 heavy (non-hydrogen) atoms. The molecule has 2 aromatic heterocycles. The highest BCUT2D eigenvalue weighted by Crippen LogP contribution is 2.38. The molecular weight excluding hydrogens is 540 g/mol. The van der Waals surface area contributed by atoms with E-state index in [0.29, 0.717) is 59.7 Å². The van der Waals surface area contributed by atoms with Gasteiger partial charge < -0.3 is 15.3 Å². The van der Waals surface area contributed by atoms with Gasteiger partial charge in [0.05, 0.1) is 11.2 Å². The Kier molecular flexibility index (Phi) is 8.14. The summed E-state index contributed by atoms with van der Waals surface area (Å²) in [5.41, 5.74) is 0.973. The summed E-state index contributed by atoms with van der Waals surface area (Å²) in [6.45, 7) is 1.07. The minimum atomic E-state index is -5.08. The third-order valence-corrected chi connectivity index (χ3v) is 6.46. The maximum atomic E-state index is 15.0. The highest BCUT2D eigenvalue weighted by molar-refractivity contribution is 6.34. The fraction of sp³-hybridized carbons (Fsp3) is 0.417. The van der Waals surface area contributed by atoms with Crippen LogP contribution in [0.15, 0.2) is 30.6 Å². The Morgan fingerprint density at radius 1 is 1.11 bits per heavy atom. The number of nitrogens with zero attached hydrogens (tertiary/aromatic N) is 4. The van der Waals surface area contributed by atoms with Crippen molar-refractivity contribution in [1.82, 2.24) is 15.0 Å². The Hall–Kier alpha value is -3.35. The van der Waals surface area contributed by atoms with E-state index in [2.05, 4.69) is 15.2 Å². The molecular formula is C24H22ClF6N5O2. The van der Waals surface area contributed by atoms with Crippen LogP contribution in [-0.4, -0.2) is 51.3 Å². The largest absolute Gasteiger partial charge is 0.490 e. The van der Waals surface area contributed by atoms with Crippen LogP contribution in [-0.2, 0) is 4.79 Å². The van der Waals surface area contributed by atoms with Gasteiger partial charge in [-0.05, 0) is 49.8 Å². The van der Waals surface area contributed by atoms with Gasteiger partial charge in [-0.3, -0.25) is 4.98 Å². The Labute approximate surface area is 217 Å². The zero-order valence-electron chi connectivity index (χ0n) is 19.7. The van der Waals surface area contributed by atoms with E-state index in [-0.39, 0.29) is 5.56 Å². The molecule has 5 rings (SSSR count). The number of carboxylic acid groups (broad SMARTS) is 1. The Balaban J connectivity index is 0.000000426. The van der Waals surface area contributed by atoms with Crippen LogP contribution in [0.4, 0.5) is 38.0 Å². The summed E-state index contributed by atoms with van der Waals surface area (Å²) in [6, 6.07) is 3.30. The minimum Gasteiger partial charge on any atom is -0.475 e. The second-order valence-corrected chi connectivity index (χ2v) is 9.41. The first-order chi connectivity index (χ1) is 17.9. The number of aliphatic carboxylic acids is 1. The molecule has 14 heteroatoms. The summed E-state index contributed by atoms with van der Waals surface area (Å²) < 4.78 is 74.3. The molecule has 2 fully saturated rings. The lowest BCUT2D eigenvalue weighted by Gasteiger charge is -2.35. The van der Waals surface area contributed by atoms with Gasteiger partial charge in [0.2, 0.25) is 0 Å². The molecule has 2 aliphatic rings. The van der Waals surface area contributed by atoms with Crippen LogP contribution in [0, 0.1) is 17.6 Å². The summed E-state index contributed by atoms with van der Waals surface area (Å²) in [7, 11) is 0. The normalized spacial score (nSPS) is 17.1. The number of nitrogens with one attached hydrogen (secondary N) is 1. The average Bonchev–Trinajstić information content (AvgIpc) is 3.69. The molecule has 0 spiro atoms. The van der Waals surface area contributed by atoms with Crippen LogP contribution in [0.3, 0.4) is 0 Å². The van der Waals surface area contributed by atoms with Crippen molar-refractivity contribution < 1.29 is 36.2 Å². The second-order valence-electron chi connectivity index (χ2n) is 9.00. The average molecular weight is 562 g/mol. The van der Waals surface area contributed by atoms with Crippen molar-refractivity contribution in [1.29, 1.82) is 0 Å². The van der Waals surface area contributed by atoms with Gasteiger partial charge in [0.15, 0.2) is 11.6 Å². The van der Waals surface area contributed by atoms with Crippen LogP contribution in [0.1, 0.15) is 37.4 Å². The van der Waals surface area contributed by atoms with Gasteiger partial charge >= 0.3 is 12.1 Å². The van der Waals surface area contributed by atoms with Crippen molar-refractivity contribution in [2.75, 3.05) is 23.3 Å². The molecule has 2 N–H and O–H groups in total. The molecule has 1 saturated heterocycles. The number of anilines is 2. The Morgan fingerprint density at radius 3 is 2.37 bits per heavy atom. The van der Waals surface area contributed by atoms with Crippen molar-refractivity contribution in [3.8, 4) is 0 Å². The number of carbonyl (C=O) groups is 1. The van der Waals surface area contributed by atoms with Crippen LogP contribution >= 0.6 is 11.6 Å². The number of alkyl halides is 4. The van der Waals surface area contributed by atoms with Crippen LogP contribution in [0.5, 0.6) is 0 Å². The van der Waals surface area contributed by atoms with Crippen molar-refractivity contribution in [2.45, 2.75) is 44.1 Å². The Morgan fingerprint density at radius 2 is 1.76 bits per heavy atom. The van der Waals surface area contributed by atoms with E-state index in [0.717, 1.165) is 31.0 Å². The van der Waals surface area contributed by atoms with Gasteiger partial charge in [-0.25, -0.2) is 27.9 Å². The zero-order chi connectivity index (χ0) is 27.6. The predicted molar refractivity (Wildman–Crippen MR) is 128 cm³/mol. The first-order valence-corrected chi connectivity index (χ1v) is 12.0. The number of hydrogen-bond acceptors (Lipinski definition) is 6. The summed E-state index contributed by atoms with van der Waals surface area (Å²) >= 11 is 6.25. The number of benzene rings is 1. The van der Waals surface area contributed by atoms with Gasteiger partial charge in [0, 0.05) is 30.9 Å². The molecule has 1 saturated carbocycles. The molecule has 204 valence electrons. The van der Waals surface area contributed by atoms with E-state index in [4.69, 9.17) is 31.5 Å². The summed E-state index contributed by atoms with van der Waals surface area (Å²) in [5.74, 6) is -3.14. The monoisotopic (exact) mass is 561 g/mol. The van der Waals surface area contributed by atoms with Crippen LogP contribution in [0.25, 0.3) is 11.0 Å². The second kappa shape index (κ2) is 11.2. The molecule has 0 bridgehead atoms. The maximum Gasteiger partial charge on any atom is 0.490 e. The van der Waals surface area contributed by atoms with Gasteiger partial charge in [-0.2, -0.15) is 13.2 Å². The van der Waals surface area contributed by atoms with E-state index >= 15 is 4.39 Å². The lowest BCUT2D eigenvalue weighted by atomic mass is 9.88. The number of aromatic nitrogens is 3. The Bertz CT molecular complexity index is 1320. The molecule has 0 amide bonds. The van der Waals surface area contributed by atoms with Gasteiger partial charge in [0.25, 0.3) is 0 Å². The maximum absolute atomic E-state index is 15.0. The van der Waals surface area contributed by atoms with E-state index in [1.165, 1.54) is 6.20 Å². The van der Waals surface area contributed by atoms with E-state index < -0.39 is 35.9 Å². The smallest absolute Gasteiger partial charge is 0.475 e. The van der Waals surface area contributed by atoms with Gasteiger partial charge in [-0.1, -0.05) is 11.6 Å². The molecule has 3 aromatic rings. The predicted octanol–water partition coefficient (Wildman–Crippen LogP) is 6.09. The number of halogens is 7. The number of fused-ring (bicyclic) bond motifs is 1. The lowest BCUT2D eigenvalue weighted by molar-refractivity contribution is -0.192. The highest BCUT2D eigenvalue weighted by Gasteiger charge is 2.38. The first-order valence-electron chi connectivity index (χ1n) is 11.7. The third kappa shape index (κ3) is 6.55. The number of pyridine rings is 1. The van der Waals surface area contributed by atoms with E-state index in [9.17, 15) is 22.0 Å². The minimum absolute atomic E-state index is 0.208. The quantitative estimate of drug-likeness (QED) is 0.364. The van der Waals surface area contributed by atoms with E-state index in [1.54, 1.807) is 6.20 Å². The fourth-order valence-corrected chi connectivity index (χ4v) is 4.26. The summed E-state index contributed by atoms with van der Waals surface area (Å²) in [4.78, 5) is 24.5. The zero-order valence-corrected chi connectivity index (χ0v) is 20.4. The van der Waals surface area contributed by atoms with Crippen molar-refractivity contribution in [3.63, 3.8) is 0 Å². The molecule has 1 unspecified atom stereocenters. The SMILES string of the molecule is Fc1ccc(F)c(C(F)C2CCN(c3nc4cncc(Cl)c4nc3NC3CC3)CC2)c1.O=C(O)C(F)(F)F. The van der Waals surface area contributed by atoms with Gasteiger partial charge in [0.1, 0.15) is 28.8 Å². The number of carboxylic acids is 1. The topological polar surface area (TPSA) is 91.2 Å². The fourth-order valence-electron chi connectivity index (χ4n) is 4.06. The van der Waals surface area contributed by atoms with Crippen LogP contribution < -0.4 is 10.2 Å². The molecule has 1 atom stereocenters. The van der Waals surface area contributed by atoms with Crippen molar-refractivity contribution in [2.24, 2.45) is 5.92 Å². The number of hydrogen-bond donors (Lipinski definition) is 2. The summed E-state index contributed by atoms with van der Waals surface area (Å²) in [6.07, 6.45) is -0.330. The summed E-state index contributed by atoms with van der Waals surface area (Å²) in [5, 5.41) is 11.0. The standard InChI is InChI=1S/C22H21ClF3N5.C2HF3O2/c23-16-10-27-11-18-20(16)30-21(28-14-2-3-14)22(29-18)31-7-5-12(6-8-31)19(26)15-9-13(24)1-4-17(15)25;3-2(4,5)1(6)7/h1,4,9-12,14,19H,2-3,5-8H2,(H,28,30);(H,6,7). The van der Waals surface area contributed by atoms with Crippen molar-refractivity contribution >= 4 is 40.2 Å². The highest BCUT2D eigenvalue weighted by atomic mass is 35.5. The molecule has 1 aliphatic carbocycles. The number of piperidine rings is 1. The first kappa shape index (κ1) is 27.7. The lowest BCUT2D eigenvalue weighted by Crippen LogP contribution is -2.36. The van der Waals surface area contributed by atoms with Gasteiger partial charge in [-0.15, -0.1) is 0 Å². The van der Waals surface area contributed by atoms with E-state index in [1.807, 2.05) is 0 Å². The number of rotatable bonds is 5. The molecule has 1 aliphatic heterocycles. The van der Waals surface area contributed by atoms with Crippen molar-refractivity contribution in [3.05, 3.63) is 52.8 Å². The molecule has 3 heterocycles. The molecule has 7 nitrogen and oxygen atoms in total. The molecule has 1 aromatic carbocycles. The molecule has 0 radical (unpaired) electrons. The third-order valence-electron chi connectivity index (χ3n) is 6.18. The van der Waals surface area contributed by atoms with Crippen LogP contribution in [0.2, 0.25) is 5.02 Å².